The first-order valence-corrected chi connectivity index (χ1v) is 13.4. The number of hydrogen-bond donors (Lipinski definition) is 1. The lowest BCUT2D eigenvalue weighted by Crippen LogP contribution is -2.51. The summed E-state index contributed by atoms with van der Waals surface area (Å²) in [5.74, 6) is -0.969. The number of rotatable bonds is 11. The average Bonchev–Trinajstić information content (AvgIpc) is 2.92. The Bertz CT molecular complexity index is 1390. The number of carbonyl (C=O) groups is 2. The van der Waals surface area contributed by atoms with Gasteiger partial charge in [-0.25, -0.2) is 8.42 Å². The van der Waals surface area contributed by atoms with Gasteiger partial charge < -0.3 is 10.2 Å². The van der Waals surface area contributed by atoms with E-state index in [4.69, 9.17) is 0 Å². The summed E-state index contributed by atoms with van der Waals surface area (Å²) in [5.41, 5.74) is 1.60. The van der Waals surface area contributed by atoms with Crippen LogP contribution in [0.15, 0.2) is 83.8 Å². The Morgan fingerprint density at radius 3 is 2.13 bits per heavy atom. The van der Waals surface area contributed by atoms with E-state index in [-0.39, 0.29) is 28.7 Å². The summed E-state index contributed by atoms with van der Waals surface area (Å²) in [6.45, 7) is 3.14. The van der Waals surface area contributed by atoms with E-state index >= 15 is 0 Å². The van der Waals surface area contributed by atoms with E-state index in [2.05, 4.69) is 5.32 Å². The second-order valence-electron chi connectivity index (χ2n) is 8.58. The van der Waals surface area contributed by atoms with Gasteiger partial charge in [-0.3, -0.25) is 24.0 Å². The van der Waals surface area contributed by atoms with Crippen LogP contribution in [0.5, 0.6) is 0 Å². The van der Waals surface area contributed by atoms with Gasteiger partial charge in [0.15, 0.2) is 0 Å². The van der Waals surface area contributed by atoms with Crippen LogP contribution in [0.4, 0.5) is 11.4 Å². The molecular formula is C27H30N4O6S. The highest BCUT2D eigenvalue weighted by Crippen LogP contribution is 2.27. The van der Waals surface area contributed by atoms with Crippen molar-refractivity contribution in [1.82, 2.24) is 10.2 Å². The molecule has 0 heterocycles. The largest absolute Gasteiger partial charge is 0.357 e. The third kappa shape index (κ3) is 6.35. The first-order chi connectivity index (χ1) is 18.1. The van der Waals surface area contributed by atoms with Gasteiger partial charge >= 0.3 is 0 Å². The van der Waals surface area contributed by atoms with Gasteiger partial charge in [0, 0.05) is 25.7 Å². The summed E-state index contributed by atoms with van der Waals surface area (Å²) in [6.07, 6.45) is 0.306. The summed E-state index contributed by atoms with van der Waals surface area (Å²) in [6, 6.07) is 19.1. The molecule has 0 aliphatic carbocycles. The zero-order valence-corrected chi connectivity index (χ0v) is 22.2. The Hall–Kier alpha value is -4.25. The van der Waals surface area contributed by atoms with Gasteiger partial charge in [-0.05, 0) is 48.7 Å². The highest BCUT2D eigenvalue weighted by molar-refractivity contribution is 7.92. The van der Waals surface area contributed by atoms with Gasteiger partial charge in [0.2, 0.25) is 11.8 Å². The molecule has 0 radical (unpaired) electrons. The second-order valence-corrected chi connectivity index (χ2v) is 10.4. The van der Waals surface area contributed by atoms with Gasteiger partial charge in [0.1, 0.15) is 12.6 Å². The Morgan fingerprint density at radius 1 is 0.974 bits per heavy atom. The number of non-ortho nitro benzene ring substituents is 1. The minimum Gasteiger partial charge on any atom is -0.357 e. The van der Waals surface area contributed by atoms with Crippen molar-refractivity contribution >= 4 is 33.2 Å². The van der Waals surface area contributed by atoms with Crippen LogP contribution in [0.25, 0.3) is 0 Å². The fraction of sp³-hybridized carbons (Fsp3) is 0.259. The van der Waals surface area contributed by atoms with Crippen molar-refractivity contribution in [2.45, 2.75) is 37.8 Å². The Kier molecular flexibility index (Phi) is 9.19. The van der Waals surface area contributed by atoms with Crippen LogP contribution >= 0.6 is 0 Å². The van der Waals surface area contributed by atoms with E-state index in [1.54, 1.807) is 25.1 Å². The van der Waals surface area contributed by atoms with Crippen LogP contribution in [0, 0.1) is 17.0 Å². The fourth-order valence-electron chi connectivity index (χ4n) is 4.05. The maximum Gasteiger partial charge on any atom is 0.269 e. The van der Waals surface area contributed by atoms with E-state index in [0.717, 1.165) is 15.4 Å². The number of nitrogens with zero attached hydrogens (tertiary/aromatic N) is 3. The summed E-state index contributed by atoms with van der Waals surface area (Å²) >= 11 is 0. The number of carbonyl (C=O) groups excluding carboxylic acids is 2. The summed E-state index contributed by atoms with van der Waals surface area (Å²) in [4.78, 5) is 38.5. The minimum atomic E-state index is -4.24. The summed E-state index contributed by atoms with van der Waals surface area (Å²) in [5, 5.41) is 13.7. The number of sulfonamides is 1. The topological polar surface area (TPSA) is 130 Å². The van der Waals surface area contributed by atoms with Gasteiger partial charge in [-0.1, -0.05) is 49.4 Å². The number of hydrogen-bond acceptors (Lipinski definition) is 6. The van der Waals surface area contributed by atoms with Crippen LogP contribution in [-0.4, -0.2) is 49.7 Å². The number of amides is 2. The molecule has 0 aromatic heterocycles. The van der Waals surface area contributed by atoms with Crippen molar-refractivity contribution in [1.29, 1.82) is 0 Å². The number of anilines is 1. The molecule has 0 fully saturated rings. The number of nitro benzene ring substituents is 1. The zero-order valence-electron chi connectivity index (χ0n) is 21.4. The molecule has 1 unspecified atom stereocenters. The quantitative estimate of drug-likeness (QED) is 0.293. The van der Waals surface area contributed by atoms with Gasteiger partial charge in [0.05, 0.1) is 15.5 Å². The number of aryl methyl sites for hydroxylation is 1. The molecule has 3 rings (SSSR count). The molecule has 38 heavy (non-hydrogen) atoms. The summed E-state index contributed by atoms with van der Waals surface area (Å²) in [7, 11) is -2.76. The lowest BCUT2D eigenvalue weighted by molar-refractivity contribution is -0.384. The van der Waals surface area contributed by atoms with E-state index < -0.39 is 33.4 Å². The molecule has 3 aromatic carbocycles. The smallest absolute Gasteiger partial charge is 0.269 e. The number of nitrogens with one attached hydrogen (secondary N) is 1. The molecule has 3 aromatic rings. The maximum atomic E-state index is 13.8. The molecule has 0 spiro atoms. The van der Waals surface area contributed by atoms with Crippen molar-refractivity contribution in [2.75, 3.05) is 17.9 Å². The number of benzene rings is 3. The first-order valence-electron chi connectivity index (χ1n) is 12.0. The molecule has 200 valence electrons. The fourth-order valence-corrected chi connectivity index (χ4v) is 5.48. The third-order valence-electron chi connectivity index (χ3n) is 6.19. The molecule has 0 aliphatic heterocycles. The second kappa shape index (κ2) is 12.3. The lowest BCUT2D eigenvalue weighted by Gasteiger charge is -2.33. The summed E-state index contributed by atoms with van der Waals surface area (Å²) < 4.78 is 28.3. The Balaban J connectivity index is 2.08. The van der Waals surface area contributed by atoms with Gasteiger partial charge in [0.25, 0.3) is 15.7 Å². The predicted molar refractivity (Wildman–Crippen MR) is 144 cm³/mol. The molecule has 0 saturated heterocycles. The Morgan fingerprint density at radius 2 is 1.58 bits per heavy atom. The average molecular weight is 539 g/mol. The van der Waals surface area contributed by atoms with E-state index in [0.29, 0.717) is 6.42 Å². The van der Waals surface area contributed by atoms with Crippen LogP contribution in [0.2, 0.25) is 0 Å². The lowest BCUT2D eigenvalue weighted by atomic mass is 10.1. The molecule has 1 N–H and O–H groups in total. The number of nitro groups is 1. The molecule has 0 saturated carbocycles. The third-order valence-corrected chi connectivity index (χ3v) is 7.98. The SMILES string of the molecule is CCC(C(=O)NC)N(Cc1ccccc1C)C(=O)CN(c1ccc([N+](=O)[O-])cc1)S(=O)(=O)c1ccccc1. The minimum absolute atomic E-state index is 0.0463. The highest BCUT2D eigenvalue weighted by Gasteiger charge is 2.33. The van der Waals surface area contributed by atoms with E-state index in [1.165, 1.54) is 48.3 Å². The standard InChI is InChI=1S/C27H30N4O6S/c1-4-25(27(33)28-3)29(18-21-11-9-8-10-20(21)2)26(32)19-30(22-14-16-23(17-15-22)31(34)35)38(36,37)24-12-6-5-7-13-24/h5-17,25H,4,18-19H2,1-3H3,(H,28,33). The van der Waals surface area contributed by atoms with Crippen LogP contribution in [-0.2, 0) is 26.2 Å². The van der Waals surface area contributed by atoms with Crippen molar-refractivity contribution in [3.8, 4) is 0 Å². The van der Waals surface area contributed by atoms with Crippen LogP contribution < -0.4 is 9.62 Å². The van der Waals surface area contributed by atoms with Crippen molar-refractivity contribution in [3.05, 3.63) is 100 Å². The molecule has 0 aliphatic rings. The number of likely N-dealkylation sites (N-methyl/N-ethyl adjacent to an activating group) is 1. The molecule has 10 nitrogen and oxygen atoms in total. The molecule has 0 bridgehead atoms. The van der Waals surface area contributed by atoms with Gasteiger partial charge in [-0.15, -0.1) is 0 Å². The molecule has 1 atom stereocenters. The van der Waals surface area contributed by atoms with Crippen LogP contribution in [0.3, 0.4) is 0 Å². The highest BCUT2D eigenvalue weighted by atomic mass is 32.2. The van der Waals surface area contributed by atoms with Crippen molar-refractivity contribution in [3.63, 3.8) is 0 Å². The van der Waals surface area contributed by atoms with E-state index in [1.807, 2.05) is 31.2 Å². The van der Waals surface area contributed by atoms with E-state index in [9.17, 15) is 28.1 Å². The zero-order chi connectivity index (χ0) is 27.9. The van der Waals surface area contributed by atoms with Gasteiger partial charge in [-0.2, -0.15) is 0 Å². The monoisotopic (exact) mass is 538 g/mol. The molecule has 2 amide bonds. The normalized spacial score (nSPS) is 11.9. The van der Waals surface area contributed by atoms with Crippen LogP contribution in [0.1, 0.15) is 24.5 Å². The molecule has 11 heteroatoms. The Labute approximate surface area is 222 Å². The first kappa shape index (κ1) is 28.3. The van der Waals surface area contributed by atoms with Crippen molar-refractivity contribution < 1.29 is 22.9 Å². The maximum absolute atomic E-state index is 13.8. The predicted octanol–water partition coefficient (Wildman–Crippen LogP) is 3.65. The van der Waals surface area contributed by atoms with Crippen molar-refractivity contribution in [2.24, 2.45) is 0 Å². The molecular weight excluding hydrogens is 508 g/mol.